The Morgan fingerprint density at radius 2 is 2.00 bits per heavy atom. The molecule has 6 heteroatoms. The van der Waals surface area contributed by atoms with Gasteiger partial charge < -0.3 is 15.0 Å². The number of hydrogen-bond acceptors (Lipinski definition) is 5. The maximum absolute atomic E-state index is 12.1. The van der Waals surface area contributed by atoms with E-state index in [0.717, 1.165) is 18.9 Å². The first-order valence-corrected chi connectivity index (χ1v) is 8.81. The summed E-state index contributed by atoms with van der Waals surface area (Å²) in [6.07, 6.45) is 2.41. The molecule has 0 saturated carbocycles. The van der Waals surface area contributed by atoms with Gasteiger partial charge in [0.1, 0.15) is 11.4 Å². The van der Waals surface area contributed by atoms with Gasteiger partial charge >= 0.3 is 6.09 Å². The second-order valence-corrected chi connectivity index (χ2v) is 7.72. The molecule has 0 aromatic heterocycles. The Kier molecular flexibility index (Phi) is 6.27. The monoisotopic (exact) mass is 324 g/mol. The number of carbonyl (C=O) groups excluding carboxylic acids is 1. The first-order chi connectivity index (χ1) is 10.8. The molecule has 1 atom stereocenters. The first kappa shape index (κ1) is 18.0. The van der Waals surface area contributed by atoms with Crippen LogP contribution in [0.4, 0.5) is 4.79 Å². The zero-order chi connectivity index (χ0) is 16.9. The van der Waals surface area contributed by atoms with Gasteiger partial charge in [0.2, 0.25) is 0 Å². The Balaban J connectivity index is 1.73. The molecule has 1 unspecified atom stereocenters. The molecule has 6 nitrogen and oxygen atoms in total. The molecular formula is C17H32N4O2. The topological polar surface area (TPSA) is 57.2 Å². The molecule has 0 spiro atoms. The molecule has 0 radical (unpaired) electrons. The van der Waals surface area contributed by atoms with Crippen LogP contribution in [-0.2, 0) is 4.74 Å². The van der Waals surface area contributed by atoms with Crippen molar-refractivity contribution in [1.82, 2.24) is 15.1 Å². The highest BCUT2D eigenvalue weighted by Gasteiger charge is 2.25. The normalized spacial score (nSPS) is 21.0. The van der Waals surface area contributed by atoms with Gasteiger partial charge in [-0.25, -0.2) is 4.79 Å². The van der Waals surface area contributed by atoms with Gasteiger partial charge in [0.15, 0.2) is 0 Å². The standard InChI is InChI=1S/C17H32N4O2/c1-14(12-20-8-5-6-9-20)11-19-15-13-21(10-7-18-15)16(22)23-17(2,3)4/h14H,5-13H2,1-4H3,(H,18,19). The summed E-state index contributed by atoms with van der Waals surface area (Å²) >= 11 is 0. The van der Waals surface area contributed by atoms with E-state index in [1.54, 1.807) is 4.90 Å². The van der Waals surface area contributed by atoms with E-state index >= 15 is 0 Å². The predicted molar refractivity (Wildman–Crippen MR) is 92.9 cm³/mol. The van der Waals surface area contributed by atoms with Crippen LogP contribution in [0.25, 0.3) is 0 Å². The number of nitrogens with one attached hydrogen (secondary N) is 1. The Labute approximate surface area is 140 Å². The van der Waals surface area contributed by atoms with Gasteiger partial charge in [0, 0.05) is 19.6 Å². The molecule has 0 aliphatic carbocycles. The Hall–Kier alpha value is -1.30. The fourth-order valence-corrected chi connectivity index (χ4v) is 2.97. The van der Waals surface area contributed by atoms with Crippen LogP contribution in [0.3, 0.4) is 0 Å². The van der Waals surface area contributed by atoms with Gasteiger partial charge in [-0.05, 0) is 52.6 Å². The molecule has 2 aliphatic rings. The number of nitrogens with zero attached hydrogens (tertiary/aromatic N) is 3. The number of rotatable bonds is 4. The highest BCUT2D eigenvalue weighted by atomic mass is 16.6. The molecule has 2 aliphatic heterocycles. The SMILES string of the molecule is CC(CNC1=NCCN(C(=O)OC(C)(C)C)C1)CN1CCCC1. The minimum absolute atomic E-state index is 0.253. The lowest BCUT2D eigenvalue weighted by atomic mass is 10.1. The zero-order valence-corrected chi connectivity index (χ0v) is 15.1. The Bertz CT molecular complexity index is 425. The summed E-state index contributed by atoms with van der Waals surface area (Å²) in [5, 5.41) is 3.42. The third-order valence-corrected chi connectivity index (χ3v) is 4.09. The summed E-state index contributed by atoms with van der Waals surface area (Å²) in [5.74, 6) is 1.48. The third kappa shape index (κ3) is 6.37. The quantitative estimate of drug-likeness (QED) is 0.859. The van der Waals surface area contributed by atoms with Gasteiger partial charge in [-0.3, -0.25) is 9.89 Å². The van der Waals surface area contributed by atoms with Crippen LogP contribution >= 0.6 is 0 Å². The lowest BCUT2D eigenvalue weighted by Gasteiger charge is -2.30. The summed E-state index contributed by atoms with van der Waals surface area (Å²) in [6, 6.07) is 0. The summed E-state index contributed by atoms with van der Waals surface area (Å²) in [5.41, 5.74) is -0.455. The fraction of sp³-hybridized carbons (Fsp3) is 0.882. The number of likely N-dealkylation sites (tertiary alicyclic amines) is 1. The van der Waals surface area contributed by atoms with E-state index in [1.165, 1.54) is 25.9 Å². The summed E-state index contributed by atoms with van der Waals surface area (Å²) in [4.78, 5) is 20.9. The van der Waals surface area contributed by atoms with Crippen LogP contribution in [0.15, 0.2) is 4.99 Å². The molecule has 2 rings (SSSR count). The van der Waals surface area contributed by atoms with Crippen molar-refractivity contribution in [3.63, 3.8) is 0 Å². The van der Waals surface area contributed by atoms with E-state index in [0.29, 0.717) is 25.6 Å². The van der Waals surface area contributed by atoms with Crippen molar-refractivity contribution in [3.05, 3.63) is 0 Å². The minimum atomic E-state index is -0.455. The Morgan fingerprint density at radius 1 is 1.30 bits per heavy atom. The average Bonchev–Trinajstić information content (AvgIpc) is 2.96. The molecule has 0 aromatic carbocycles. The largest absolute Gasteiger partial charge is 0.444 e. The van der Waals surface area contributed by atoms with Crippen molar-refractivity contribution < 1.29 is 9.53 Å². The van der Waals surface area contributed by atoms with Gasteiger partial charge in [0.25, 0.3) is 0 Å². The van der Waals surface area contributed by atoms with Crippen LogP contribution in [0.5, 0.6) is 0 Å². The van der Waals surface area contributed by atoms with Gasteiger partial charge in [-0.1, -0.05) is 6.92 Å². The molecular weight excluding hydrogens is 292 g/mol. The number of aliphatic imine (C=N–C) groups is 1. The molecule has 1 saturated heterocycles. The van der Waals surface area contributed by atoms with Crippen LogP contribution in [0.2, 0.25) is 0 Å². The number of amidine groups is 1. The maximum Gasteiger partial charge on any atom is 0.410 e. The van der Waals surface area contributed by atoms with E-state index in [-0.39, 0.29) is 6.09 Å². The van der Waals surface area contributed by atoms with Gasteiger partial charge in [-0.15, -0.1) is 0 Å². The Morgan fingerprint density at radius 3 is 2.65 bits per heavy atom. The molecule has 1 amide bonds. The zero-order valence-electron chi connectivity index (χ0n) is 15.1. The number of amides is 1. The smallest absolute Gasteiger partial charge is 0.410 e. The van der Waals surface area contributed by atoms with Crippen molar-refractivity contribution >= 4 is 11.9 Å². The average molecular weight is 324 g/mol. The second kappa shape index (κ2) is 7.99. The van der Waals surface area contributed by atoms with E-state index in [1.807, 2.05) is 20.8 Å². The number of carbonyl (C=O) groups is 1. The molecule has 2 heterocycles. The van der Waals surface area contributed by atoms with Crippen molar-refractivity contribution in [3.8, 4) is 0 Å². The van der Waals surface area contributed by atoms with Crippen LogP contribution in [-0.4, -0.2) is 73.1 Å². The first-order valence-electron chi connectivity index (χ1n) is 8.81. The number of hydrogen-bond donors (Lipinski definition) is 1. The summed E-state index contributed by atoms with van der Waals surface area (Å²) in [6.45, 7) is 14.2. The summed E-state index contributed by atoms with van der Waals surface area (Å²) < 4.78 is 5.44. The highest BCUT2D eigenvalue weighted by Crippen LogP contribution is 2.12. The maximum atomic E-state index is 12.1. The second-order valence-electron chi connectivity index (χ2n) is 7.72. The van der Waals surface area contributed by atoms with Crippen LogP contribution in [0.1, 0.15) is 40.5 Å². The minimum Gasteiger partial charge on any atom is -0.444 e. The van der Waals surface area contributed by atoms with E-state index in [9.17, 15) is 4.79 Å². The van der Waals surface area contributed by atoms with Crippen LogP contribution < -0.4 is 5.32 Å². The lowest BCUT2D eigenvalue weighted by Crippen LogP contribution is -2.48. The van der Waals surface area contributed by atoms with E-state index in [4.69, 9.17) is 4.74 Å². The number of ether oxygens (including phenoxy) is 1. The van der Waals surface area contributed by atoms with Gasteiger partial charge in [0.05, 0.1) is 13.1 Å². The van der Waals surface area contributed by atoms with Crippen molar-refractivity contribution in [1.29, 1.82) is 0 Å². The van der Waals surface area contributed by atoms with Crippen molar-refractivity contribution in [2.75, 3.05) is 45.8 Å². The molecule has 0 bridgehead atoms. The molecule has 23 heavy (non-hydrogen) atoms. The molecule has 132 valence electrons. The molecule has 1 fully saturated rings. The van der Waals surface area contributed by atoms with Gasteiger partial charge in [-0.2, -0.15) is 0 Å². The lowest BCUT2D eigenvalue weighted by molar-refractivity contribution is 0.0276. The van der Waals surface area contributed by atoms with Crippen molar-refractivity contribution in [2.24, 2.45) is 10.9 Å². The third-order valence-electron chi connectivity index (χ3n) is 4.09. The molecule has 0 aromatic rings. The predicted octanol–water partition coefficient (Wildman–Crippen LogP) is 1.96. The van der Waals surface area contributed by atoms with Crippen molar-refractivity contribution in [2.45, 2.75) is 46.1 Å². The fourth-order valence-electron chi connectivity index (χ4n) is 2.97. The molecule has 1 N–H and O–H groups in total. The highest BCUT2D eigenvalue weighted by molar-refractivity contribution is 5.87. The van der Waals surface area contributed by atoms with E-state index < -0.39 is 5.60 Å². The van der Waals surface area contributed by atoms with Crippen LogP contribution in [0, 0.1) is 5.92 Å². The summed E-state index contributed by atoms with van der Waals surface area (Å²) in [7, 11) is 0. The van der Waals surface area contributed by atoms with E-state index in [2.05, 4.69) is 22.1 Å².